The van der Waals surface area contributed by atoms with Crippen molar-refractivity contribution in [1.82, 2.24) is 10.2 Å². The summed E-state index contributed by atoms with van der Waals surface area (Å²) >= 11 is 0. The van der Waals surface area contributed by atoms with Gasteiger partial charge in [0.15, 0.2) is 18.9 Å². The molecule has 3 amide bonds. The highest BCUT2D eigenvalue weighted by Crippen LogP contribution is 2.33. The molecule has 3 saturated heterocycles. The largest absolute Gasteiger partial charge is 0.394 e. The van der Waals surface area contributed by atoms with Crippen LogP contribution in [0.5, 0.6) is 0 Å². The predicted octanol–water partition coefficient (Wildman–Crippen LogP) is -6.82. The first-order valence-corrected chi connectivity index (χ1v) is 16.0. The Bertz CT molecular complexity index is 1180. The molecule has 0 aromatic carbocycles. The number of hydrogen-bond acceptors (Lipinski definition) is 18. The van der Waals surface area contributed by atoms with Gasteiger partial charge in [-0.1, -0.05) is 0 Å². The van der Waals surface area contributed by atoms with E-state index < -0.39 is 118 Å². The molecule has 4 aliphatic heterocycles. The Balaban J connectivity index is 1.17. The summed E-state index contributed by atoms with van der Waals surface area (Å²) in [6.45, 7) is -1.67. The van der Waals surface area contributed by atoms with Crippen molar-refractivity contribution in [3.63, 3.8) is 0 Å². The van der Waals surface area contributed by atoms with Crippen molar-refractivity contribution in [3.8, 4) is 0 Å². The summed E-state index contributed by atoms with van der Waals surface area (Å²) in [7, 11) is 0. The van der Waals surface area contributed by atoms with E-state index in [9.17, 15) is 65.4 Å². The van der Waals surface area contributed by atoms with Crippen LogP contribution in [0.25, 0.3) is 0 Å². The van der Waals surface area contributed by atoms with Crippen molar-refractivity contribution in [3.05, 3.63) is 12.2 Å². The van der Waals surface area contributed by atoms with Gasteiger partial charge in [-0.15, -0.1) is 0 Å². The van der Waals surface area contributed by atoms with Crippen molar-refractivity contribution in [2.45, 2.75) is 136 Å². The van der Waals surface area contributed by atoms with E-state index in [1.165, 1.54) is 17.1 Å². The van der Waals surface area contributed by atoms with Gasteiger partial charge in [-0.3, -0.25) is 19.3 Å². The van der Waals surface area contributed by atoms with Gasteiger partial charge in [-0.25, -0.2) is 0 Å². The molecule has 0 spiro atoms. The van der Waals surface area contributed by atoms with Crippen LogP contribution in [0.3, 0.4) is 0 Å². The van der Waals surface area contributed by atoms with Crippen LogP contribution in [-0.2, 0) is 38.1 Å². The molecule has 0 aromatic heterocycles. The summed E-state index contributed by atoms with van der Waals surface area (Å²) in [5.41, 5.74) is 0. The van der Waals surface area contributed by atoms with Gasteiger partial charge in [0.1, 0.15) is 67.1 Å². The molecular formula is C29H44N2O18. The average Bonchev–Trinajstić information content (AvgIpc) is 3.42. The first kappa shape index (κ1) is 38.0. The van der Waals surface area contributed by atoms with Crippen molar-refractivity contribution in [1.29, 1.82) is 0 Å². The summed E-state index contributed by atoms with van der Waals surface area (Å²) in [4.78, 5) is 38.1. The third-order valence-corrected chi connectivity index (χ3v) is 9.57. The molecule has 20 heteroatoms. The topological polar surface area (TPSA) is 315 Å². The van der Waals surface area contributed by atoms with Crippen molar-refractivity contribution < 1.29 is 89.1 Å². The monoisotopic (exact) mass is 708 g/mol. The fourth-order valence-corrected chi connectivity index (χ4v) is 6.79. The van der Waals surface area contributed by atoms with Gasteiger partial charge in [-0.05, 0) is 25.7 Å². The Labute approximate surface area is 279 Å². The molecule has 4 heterocycles. The fourth-order valence-electron chi connectivity index (χ4n) is 6.79. The quantitative estimate of drug-likeness (QED) is 0.0940. The van der Waals surface area contributed by atoms with Gasteiger partial charge in [-0.2, -0.15) is 0 Å². The Morgan fingerprint density at radius 1 is 0.673 bits per heavy atom. The standard InChI is InChI=1S/C29H44N2O18/c32-8-13-25(20(39)22(41)27(44)45-13)48-29-24(43)21(40)26(14(9-33)47-29)49-28-23(42)19(38)18(37)12(46-28)7-15(34)30-10-1-3-11(4-2-10)31-16(35)5-6-17(31)36/h5-6,10-14,18-29,32-33,37-44H,1-4,7-9H2,(H,30,34)/t10?,11?,12?,13?,14?,18-,19+,20-,21-,22?,23?,24?,25-,26-,27-,28+,29+/m1/s1. The molecule has 4 fully saturated rings. The lowest BCUT2D eigenvalue weighted by molar-refractivity contribution is -0.377. The Morgan fingerprint density at radius 3 is 1.71 bits per heavy atom. The van der Waals surface area contributed by atoms with Gasteiger partial charge >= 0.3 is 0 Å². The summed E-state index contributed by atoms with van der Waals surface area (Å²) in [5, 5.41) is 106. The lowest BCUT2D eigenvalue weighted by Crippen LogP contribution is -2.66. The van der Waals surface area contributed by atoms with Crippen LogP contribution >= 0.6 is 0 Å². The van der Waals surface area contributed by atoms with Gasteiger partial charge < -0.3 is 80.1 Å². The van der Waals surface area contributed by atoms with E-state index in [-0.39, 0.29) is 23.9 Å². The Kier molecular flexibility index (Phi) is 12.4. The number of aliphatic hydroxyl groups is 10. The molecule has 5 aliphatic rings. The van der Waals surface area contributed by atoms with E-state index in [0.717, 1.165) is 0 Å². The van der Waals surface area contributed by atoms with Gasteiger partial charge in [0.25, 0.3) is 11.8 Å². The predicted molar refractivity (Wildman–Crippen MR) is 154 cm³/mol. The van der Waals surface area contributed by atoms with Crippen molar-refractivity contribution in [2.75, 3.05) is 13.2 Å². The summed E-state index contributed by atoms with van der Waals surface area (Å²) in [5.74, 6) is -1.35. The lowest BCUT2D eigenvalue weighted by Gasteiger charge is -2.47. The second-order valence-corrected chi connectivity index (χ2v) is 12.8. The van der Waals surface area contributed by atoms with Crippen LogP contribution in [-0.4, -0.2) is 191 Å². The lowest BCUT2D eigenvalue weighted by atomic mass is 9.89. The number of aliphatic hydroxyl groups excluding tert-OH is 10. The summed E-state index contributed by atoms with van der Waals surface area (Å²) in [6.07, 6.45) is -22.5. The first-order chi connectivity index (χ1) is 23.2. The van der Waals surface area contributed by atoms with Crippen LogP contribution in [0.15, 0.2) is 12.2 Å². The maximum atomic E-state index is 12.9. The molecule has 278 valence electrons. The highest BCUT2D eigenvalue weighted by atomic mass is 16.8. The molecule has 0 aromatic rings. The number of ether oxygens (including phenoxy) is 5. The van der Waals surface area contributed by atoms with E-state index in [0.29, 0.717) is 25.7 Å². The van der Waals surface area contributed by atoms with Gasteiger partial charge in [0.05, 0.1) is 25.7 Å². The number of carbonyl (C=O) groups is 3. The SMILES string of the molecule is O=C(CC1O[C@@H](O[C@@H]2C(CO)O[C@@H](O[C@@H]3C(CO)O[C@@H](O)C(O)[C@H]3O)C(O)[C@H]2O)C(O)[C@@H](O)[C@@H]1O)NC1CCC(N2C(=O)C=CC2=O)CC1. The maximum absolute atomic E-state index is 12.9. The van der Waals surface area contributed by atoms with E-state index in [4.69, 9.17) is 23.7 Å². The van der Waals surface area contributed by atoms with Crippen LogP contribution in [0, 0.1) is 0 Å². The van der Waals surface area contributed by atoms with Gasteiger partial charge in [0.2, 0.25) is 5.91 Å². The van der Waals surface area contributed by atoms with Crippen molar-refractivity contribution in [2.24, 2.45) is 0 Å². The molecule has 0 radical (unpaired) electrons. The molecule has 6 unspecified atom stereocenters. The van der Waals surface area contributed by atoms with E-state index >= 15 is 0 Å². The van der Waals surface area contributed by atoms with E-state index in [2.05, 4.69) is 5.32 Å². The highest BCUT2D eigenvalue weighted by Gasteiger charge is 2.53. The zero-order valence-corrected chi connectivity index (χ0v) is 26.1. The average molecular weight is 709 g/mol. The highest BCUT2D eigenvalue weighted by molar-refractivity contribution is 6.13. The smallest absolute Gasteiger partial charge is 0.253 e. The second kappa shape index (κ2) is 16.0. The minimum atomic E-state index is -1.98. The molecule has 1 saturated carbocycles. The molecule has 15 atom stereocenters. The molecule has 5 rings (SSSR count). The number of rotatable bonds is 10. The number of carbonyl (C=O) groups excluding carboxylic acids is 3. The Hall–Kier alpha value is -2.25. The van der Waals surface area contributed by atoms with Crippen LogP contribution < -0.4 is 5.32 Å². The molecule has 20 nitrogen and oxygen atoms in total. The van der Waals surface area contributed by atoms with E-state index in [1.807, 2.05) is 0 Å². The Morgan fingerprint density at radius 2 is 1.16 bits per heavy atom. The molecular weight excluding hydrogens is 664 g/mol. The number of nitrogens with zero attached hydrogens (tertiary/aromatic N) is 1. The third kappa shape index (κ3) is 7.98. The van der Waals surface area contributed by atoms with Crippen LogP contribution in [0.1, 0.15) is 32.1 Å². The second-order valence-electron chi connectivity index (χ2n) is 12.8. The number of hydrogen-bond donors (Lipinski definition) is 11. The zero-order valence-electron chi connectivity index (χ0n) is 26.1. The fraction of sp³-hybridized carbons (Fsp3) is 0.828. The molecule has 11 N–H and O–H groups in total. The molecule has 0 bridgehead atoms. The molecule has 49 heavy (non-hydrogen) atoms. The van der Waals surface area contributed by atoms with Crippen LogP contribution in [0.2, 0.25) is 0 Å². The molecule has 1 aliphatic carbocycles. The van der Waals surface area contributed by atoms with Crippen molar-refractivity contribution >= 4 is 17.7 Å². The first-order valence-electron chi connectivity index (χ1n) is 16.0. The number of nitrogens with one attached hydrogen (secondary N) is 1. The van der Waals surface area contributed by atoms with Crippen LogP contribution in [0.4, 0.5) is 0 Å². The summed E-state index contributed by atoms with van der Waals surface area (Å²) in [6, 6.07) is -0.609. The maximum Gasteiger partial charge on any atom is 0.253 e. The third-order valence-electron chi connectivity index (χ3n) is 9.57. The number of imide groups is 1. The minimum absolute atomic E-state index is 0.296. The minimum Gasteiger partial charge on any atom is -0.394 e. The summed E-state index contributed by atoms with van der Waals surface area (Å²) < 4.78 is 27.3. The van der Waals surface area contributed by atoms with E-state index in [1.54, 1.807) is 0 Å². The number of amides is 3. The normalized spacial score (nSPS) is 46.2. The zero-order chi connectivity index (χ0) is 35.7. The van der Waals surface area contributed by atoms with Gasteiger partial charge in [0, 0.05) is 24.2 Å².